The van der Waals surface area contributed by atoms with Gasteiger partial charge in [-0.15, -0.1) is 0 Å². The Morgan fingerprint density at radius 1 is 1.16 bits per heavy atom. The quantitative estimate of drug-likeness (QED) is 0.475. The van der Waals surface area contributed by atoms with E-state index in [9.17, 15) is 19.2 Å². The van der Waals surface area contributed by atoms with Gasteiger partial charge in [-0.05, 0) is 61.3 Å². The zero-order chi connectivity index (χ0) is 22.8. The monoisotopic (exact) mass is 448 g/mol. The van der Waals surface area contributed by atoms with Crippen LogP contribution in [0.3, 0.4) is 0 Å². The number of benzene rings is 1. The van der Waals surface area contributed by atoms with E-state index in [2.05, 4.69) is 36.9 Å². The lowest BCUT2D eigenvalue weighted by Crippen LogP contribution is -2.51. The Morgan fingerprint density at radius 3 is 2.35 bits per heavy atom. The molecule has 1 heterocycles. The Kier molecular flexibility index (Phi) is 6.59. The van der Waals surface area contributed by atoms with E-state index in [1.54, 1.807) is 12.1 Å². The highest BCUT2D eigenvalue weighted by Gasteiger charge is 2.53. The van der Waals surface area contributed by atoms with Gasteiger partial charge in [0.25, 0.3) is 17.7 Å². The van der Waals surface area contributed by atoms with Crippen LogP contribution < -0.4 is 16.2 Å². The Labute approximate surface area is 187 Å². The van der Waals surface area contributed by atoms with E-state index >= 15 is 0 Å². The van der Waals surface area contributed by atoms with Crippen molar-refractivity contribution in [2.24, 2.45) is 11.3 Å². The lowest BCUT2D eigenvalue weighted by atomic mass is 9.65. The number of imide groups is 1. The number of carbonyl (C=O) groups is 4. The SMILES string of the molecule is CCC(C)(C)C1CCC2(CC1)NC(=O)N(CC(=O)NNC(=O)c1ccc(Cl)cc1)C2=O. The number of carbonyl (C=O) groups excluding carboxylic acids is 4. The molecule has 0 bridgehead atoms. The molecule has 3 rings (SSSR count). The molecule has 0 unspecified atom stereocenters. The third-order valence-corrected chi connectivity index (χ3v) is 7.08. The molecule has 1 aliphatic carbocycles. The minimum atomic E-state index is -0.926. The molecule has 8 nitrogen and oxygen atoms in total. The molecule has 2 aliphatic rings. The van der Waals surface area contributed by atoms with E-state index in [1.807, 2.05) is 0 Å². The number of nitrogens with zero attached hydrogens (tertiary/aromatic N) is 1. The van der Waals surface area contributed by atoms with Crippen molar-refractivity contribution in [1.29, 1.82) is 0 Å². The summed E-state index contributed by atoms with van der Waals surface area (Å²) in [6.45, 7) is 6.18. The number of urea groups is 1. The first-order valence-electron chi connectivity index (χ1n) is 10.6. The number of rotatable bonds is 5. The van der Waals surface area contributed by atoms with Gasteiger partial charge in [-0.1, -0.05) is 38.8 Å². The van der Waals surface area contributed by atoms with Gasteiger partial charge in [-0.25, -0.2) is 4.79 Å². The van der Waals surface area contributed by atoms with Gasteiger partial charge in [0.2, 0.25) is 0 Å². The highest BCUT2D eigenvalue weighted by molar-refractivity contribution is 6.30. The maximum absolute atomic E-state index is 13.0. The average molecular weight is 449 g/mol. The number of hydrogen-bond acceptors (Lipinski definition) is 4. The van der Waals surface area contributed by atoms with Crippen molar-refractivity contribution in [2.75, 3.05) is 6.54 Å². The first-order chi connectivity index (χ1) is 14.6. The fourth-order valence-corrected chi connectivity index (χ4v) is 4.45. The van der Waals surface area contributed by atoms with Gasteiger partial charge in [-0.3, -0.25) is 30.1 Å². The normalized spacial score (nSPS) is 23.6. The van der Waals surface area contributed by atoms with E-state index in [-0.39, 0.29) is 11.3 Å². The molecule has 168 valence electrons. The molecule has 0 radical (unpaired) electrons. The molecule has 1 aromatic rings. The first-order valence-corrected chi connectivity index (χ1v) is 10.9. The van der Waals surface area contributed by atoms with Crippen molar-refractivity contribution in [3.8, 4) is 0 Å². The molecule has 1 aliphatic heterocycles. The van der Waals surface area contributed by atoms with Crippen LogP contribution in [-0.2, 0) is 9.59 Å². The van der Waals surface area contributed by atoms with E-state index < -0.39 is 29.9 Å². The molecule has 1 aromatic carbocycles. The number of amides is 5. The van der Waals surface area contributed by atoms with Crippen LogP contribution >= 0.6 is 11.6 Å². The maximum Gasteiger partial charge on any atom is 0.325 e. The molecule has 1 spiro atoms. The van der Waals surface area contributed by atoms with Crippen LogP contribution in [0.2, 0.25) is 5.02 Å². The predicted octanol–water partition coefficient (Wildman–Crippen LogP) is 3.02. The molecule has 0 aromatic heterocycles. The van der Waals surface area contributed by atoms with Gasteiger partial charge in [0.05, 0.1) is 0 Å². The standard InChI is InChI=1S/C22H29ClN4O4/c1-4-21(2,3)15-9-11-22(12-10-15)19(30)27(20(31)24-22)13-17(28)25-26-18(29)14-5-7-16(23)8-6-14/h5-8,15H,4,9-13H2,1-3H3,(H,24,31)(H,25,28)(H,26,29). The summed E-state index contributed by atoms with van der Waals surface area (Å²) in [6, 6.07) is 5.57. The Balaban J connectivity index is 1.55. The van der Waals surface area contributed by atoms with Crippen molar-refractivity contribution in [1.82, 2.24) is 21.1 Å². The summed E-state index contributed by atoms with van der Waals surface area (Å²) in [5, 5.41) is 3.30. The smallest absolute Gasteiger partial charge is 0.323 e. The largest absolute Gasteiger partial charge is 0.325 e. The fraction of sp³-hybridized carbons (Fsp3) is 0.545. The van der Waals surface area contributed by atoms with Gasteiger partial charge >= 0.3 is 6.03 Å². The third-order valence-electron chi connectivity index (χ3n) is 6.83. The molecule has 0 atom stereocenters. The second-order valence-corrected chi connectivity index (χ2v) is 9.47. The van der Waals surface area contributed by atoms with Crippen LogP contribution in [0.15, 0.2) is 24.3 Å². The van der Waals surface area contributed by atoms with Gasteiger partial charge in [0, 0.05) is 10.6 Å². The van der Waals surface area contributed by atoms with E-state index in [0.717, 1.165) is 24.2 Å². The van der Waals surface area contributed by atoms with Crippen molar-refractivity contribution in [3.05, 3.63) is 34.9 Å². The van der Waals surface area contributed by atoms with Crippen molar-refractivity contribution >= 4 is 35.4 Å². The van der Waals surface area contributed by atoms with Gasteiger partial charge in [0.15, 0.2) is 0 Å². The lowest BCUT2D eigenvalue weighted by molar-refractivity contribution is -0.136. The Bertz CT molecular complexity index is 876. The third kappa shape index (κ3) is 4.84. The summed E-state index contributed by atoms with van der Waals surface area (Å²) >= 11 is 5.79. The van der Waals surface area contributed by atoms with Gasteiger partial charge < -0.3 is 5.32 Å². The van der Waals surface area contributed by atoms with Crippen molar-refractivity contribution < 1.29 is 19.2 Å². The first kappa shape index (κ1) is 23.1. The number of halogens is 1. The Hall–Kier alpha value is -2.61. The maximum atomic E-state index is 13.0. The molecular weight excluding hydrogens is 420 g/mol. The van der Waals surface area contributed by atoms with Crippen LogP contribution in [-0.4, -0.2) is 40.7 Å². The molecule has 3 N–H and O–H groups in total. The summed E-state index contributed by atoms with van der Waals surface area (Å²) in [7, 11) is 0. The predicted molar refractivity (Wildman–Crippen MR) is 116 cm³/mol. The lowest BCUT2D eigenvalue weighted by Gasteiger charge is -2.42. The number of nitrogens with one attached hydrogen (secondary N) is 3. The molecular formula is C22H29ClN4O4. The molecule has 31 heavy (non-hydrogen) atoms. The minimum absolute atomic E-state index is 0.190. The zero-order valence-electron chi connectivity index (χ0n) is 18.1. The van der Waals surface area contributed by atoms with Crippen LogP contribution in [0.25, 0.3) is 0 Å². The summed E-state index contributed by atoms with van der Waals surface area (Å²) in [4.78, 5) is 50.7. The van der Waals surface area contributed by atoms with E-state index in [1.165, 1.54) is 12.1 Å². The molecule has 1 saturated carbocycles. The highest BCUT2D eigenvalue weighted by atomic mass is 35.5. The molecule has 5 amide bonds. The summed E-state index contributed by atoms with van der Waals surface area (Å²) in [5.41, 5.74) is 4.09. The fourth-order valence-electron chi connectivity index (χ4n) is 4.32. The van der Waals surface area contributed by atoms with Crippen LogP contribution in [0.5, 0.6) is 0 Å². The second kappa shape index (κ2) is 8.86. The van der Waals surface area contributed by atoms with E-state index in [0.29, 0.717) is 29.3 Å². The number of hydrogen-bond donors (Lipinski definition) is 3. The van der Waals surface area contributed by atoms with Crippen molar-refractivity contribution in [3.63, 3.8) is 0 Å². The topological polar surface area (TPSA) is 108 Å². The van der Waals surface area contributed by atoms with Gasteiger partial charge in [-0.2, -0.15) is 0 Å². The summed E-state index contributed by atoms with van der Waals surface area (Å²) < 4.78 is 0. The van der Waals surface area contributed by atoms with Gasteiger partial charge in [0.1, 0.15) is 12.1 Å². The highest BCUT2D eigenvalue weighted by Crippen LogP contribution is 2.45. The van der Waals surface area contributed by atoms with E-state index in [4.69, 9.17) is 11.6 Å². The number of hydrazine groups is 1. The second-order valence-electron chi connectivity index (χ2n) is 9.03. The average Bonchev–Trinajstić information content (AvgIpc) is 2.96. The minimum Gasteiger partial charge on any atom is -0.323 e. The molecule has 2 fully saturated rings. The summed E-state index contributed by atoms with van der Waals surface area (Å²) in [6.07, 6.45) is 3.89. The molecule has 1 saturated heterocycles. The Morgan fingerprint density at radius 2 is 1.77 bits per heavy atom. The zero-order valence-corrected chi connectivity index (χ0v) is 18.8. The van der Waals surface area contributed by atoms with Crippen LogP contribution in [0.1, 0.15) is 63.2 Å². The van der Waals surface area contributed by atoms with Crippen LogP contribution in [0.4, 0.5) is 4.79 Å². The molecule has 9 heteroatoms. The summed E-state index contributed by atoms with van der Waals surface area (Å²) in [5.74, 6) is -1.07. The van der Waals surface area contributed by atoms with Crippen molar-refractivity contribution in [2.45, 2.75) is 58.4 Å². The van der Waals surface area contributed by atoms with Crippen LogP contribution in [0, 0.1) is 11.3 Å².